The SMILES string of the molecule is Nc1ncnc2c1ncn2[C@@H]1O[C@@]2(CO)COC1C2O. The summed E-state index contributed by atoms with van der Waals surface area (Å²) in [5.41, 5.74) is 5.62. The molecule has 2 aliphatic rings. The minimum absolute atomic E-state index is 0.162. The monoisotopic (exact) mass is 279 g/mol. The lowest BCUT2D eigenvalue weighted by molar-refractivity contribution is -0.185. The molecule has 4 N–H and O–H groups in total. The summed E-state index contributed by atoms with van der Waals surface area (Å²) < 4.78 is 13.0. The fraction of sp³-hybridized carbons (Fsp3) is 0.545. The molecule has 2 unspecified atom stereocenters. The Morgan fingerprint density at radius 2 is 2.30 bits per heavy atom. The zero-order chi connectivity index (χ0) is 13.9. The van der Waals surface area contributed by atoms with E-state index in [4.69, 9.17) is 15.2 Å². The number of hydrogen-bond donors (Lipinski definition) is 3. The molecule has 0 saturated carbocycles. The number of hydrogen-bond acceptors (Lipinski definition) is 8. The number of aromatic nitrogens is 4. The Labute approximate surface area is 113 Å². The molecule has 0 radical (unpaired) electrons. The Morgan fingerprint density at radius 1 is 1.45 bits per heavy atom. The van der Waals surface area contributed by atoms with Crippen molar-refractivity contribution in [1.29, 1.82) is 0 Å². The van der Waals surface area contributed by atoms with Crippen LogP contribution in [-0.4, -0.2) is 60.8 Å². The molecular formula is C11H13N5O4. The van der Waals surface area contributed by atoms with Crippen molar-refractivity contribution in [3.63, 3.8) is 0 Å². The Morgan fingerprint density at radius 3 is 3.05 bits per heavy atom. The van der Waals surface area contributed by atoms with Gasteiger partial charge in [0.1, 0.15) is 29.7 Å². The molecule has 9 nitrogen and oxygen atoms in total. The van der Waals surface area contributed by atoms with Gasteiger partial charge in [-0.3, -0.25) is 4.57 Å². The summed E-state index contributed by atoms with van der Waals surface area (Å²) in [4.78, 5) is 12.2. The van der Waals surface area contributed by atoms with Crippen molar-refractivity contribution < 1.29 is 19.7 Å². The van der Waals surface area contributed by atoms with E-state index >= 15 is 0 Å². The van der Waals surface area contributed by atoms with Crippen molar-refractivity contribution in [1.82, 2.24) is 19.5 Å². The summed E-state index contributed by atoms with van der Waals surface area (Å²) in [5, 5.41) is 19.6. The first-order valence-corrected chi connectivity index (χ1v) is 6.18. The van der Waals surface area contributed by atoms with Crippen LogP contribution < -0.4 is 5.73 Å². The van der Waals surface area contributed by atoms with E-state index < -0.39 is 24.0 Å². The molecule has 4 rings (SSSR count). The molecular weight excluding hydrogens is 266 g/mol. The van der Waals surface area contributed by atoms with Crippen molar-refractivity contribution in [2.75, 3.05) is 18.9 Å². The lowest BCUT2D eigenvalue weighted by Crippen LogP contribution is -2.44. The maximum absolute atomic E-state index is 10.2. The number of aliphatic hydroxyl groups is 2. The summed E-state index contributed by atoms with van der Waals surface area (Å²) in [6.45, 7) is -0.152. The summed E-state index contributed by atoms with van der Waals surface area (Å²) >= 11 is 0. The van der Waals surface area contributed by atoms with Crippen LogP contribution >= 0.6 is 0 Å². The zero-order valence-electron chi connectivity index (χ0n) is 10.4. The number of nitrogens with zero attached hydrogens (tertiary/aromatic N) is 4. The average Bonchev–Trinajstić information content (AvgIpc) is 3.10. The maximum Gasteiger partial charge on any atom is 0.167 e. The summed E-state index contributed by atoms with van der Waals surface area (Å²) in [6.07, 6.45) is 0.778. The van der Waals surface area contributed by atoms with Gasteiger partial charge in [0.25, 0.3) is 0 Å². The number of ether oxygens (including phenoxy) is 2. The summed E-state index contributed by atoms with van der Waals surface area (Å²) in [7, 11) is 0. The van der Waals surface area contributed by atoms with Crippen LogP contribution in [0.2, 0.25) is 0 Å². The topological polar surface area (TPSA) is 129 Å². The van der Waals surface area contributed by atoms with E-state index in [-0.39, 0.29) is 19.0 Å². The first kappa shape index (κ1) is 12.0. The molecule has 0 aromatic carbocycles. The van der Waals surface area contributed by atoms with Gasteiger partial charge in [-0.25, -0.2) is 15.0 Å². The highest BCUT2D eigenvalue weighted by atomic mass is 16.7. The van der Waals surface area contributed by atoms with Gasteiger partial charge in [0.05, 0.1) is 19.5 Å². The highest BCUT2D eigenvalue weighted by Crippen LogP contribution is 2.45. The van der Waals surface area contributed by atoms with Crippen molar-refractivity contribution in [2.45, 2.75) is 24.0 Å². The van der Waals surface area contributed by atoms with E-state index in [1.165, 1.54) is 12.7 Å². The van der Waals surface area contributed by atoms with E-state index in [1.54, 1.807) is 4.57 Å². The van der Waals surface area contributed by atoms with Gasteiger partial charge in [-0.1, -0.05) is 0 Å². The summed E-state index contributed by atoms with van der Waals surface area (Å²) in [5.74, 6) is 0.273. The minimum Gasteiger partial charge on any atom is -0.393 e. The van der Waals surface area contributed by atoms with Crippen LogP contribution in [0.1, 0.15) is 6.23 Å². The smallest absolute Gasteiger partial charge is 0.167 e. The molecule has 2 aromatic rings. The fourth-order valence-electron chi connectivity index (χ4n) is 2.81. The lowest BCUT2D eigenvalue weighted by Gasteiger charge is -2.29. The van der Waals surface area contributed by atoms with Crippen LogP contribution in [0.4, 0.5) is 5.82 Å². The number of nitrogens with two attached hydrogens (primary N) is 1. The maximum atomic E-state index is 10.2. The average molecular weight is 279 g/mol. The van der Waals surface area contributed by atoms with Gasteiger partial charge >= 0.3 is 0 Å². The molecule has 2 aliphatic heterocycles. The number of aliphatic hydroxyl groups excluding tert-OH is 2. The number of imidazole rings is 1. The zero-order valence-corrected chi connectivity index (χ0v) is 10.4. The predicted molar refractivity (Wildman–Crippen MR) is 65.4 cm³/mol. The second kappa shape index (κ2) is 3.85. The Hall–Kier alpha value is -1.81. The molecule has 20 heavy (non-hydrogen) atoms. The number of anilines is 1. The molecule has 2 aromatic heterocycles. The third kappa shape index (κ3) is 1.32. The van der Waals surface area contributed by atoms with Gasteiger partial charge in [0, 0.05) is 0 Å². The quantitative estimate of drug-likeness (QED) is 0.601. The van der Waals surface area contributed by atoms with Crippen LogP contribution in [0.25, 0.3) is 11.2 Å². The normalized spacial score (nSPS) is 36.0. The second-order valence-corrected chi connectivity index (χ2v) is 5.03. The van der Waals surface area contributed by atoms with E-state index in [0.29, 0.717) is 11.2 Å². The van der Waals surface area contributed by atoms with Gasteiger partial charge in [-0.2, -0.15) is 0 Å². The summed E-state index contributed by atoms with van der Waals surface area (Å²) in [6, 6.07) is 0. The molecule has 0 aliphatic carbocycles. The van der Waals surface area contributed by atoms with E-state index in [9.17, 15) is 10.2 Å². The molecule has 106 valence electrons. The van der Waals surface area contributed by atoms with Crippen LogP contribution in [0.15, 0.2) is 12.7 Å². The predicted octanol–water partition coefficient (Wildman–Crippen LogP) is -1.57. The largest absolute Gasteiger partial charge is 0.393 e. The van der Waals surface area contributed by atoms with Crippen molar-refractivity contribution in [3.8, 4) is 0 Å². The van der Waals surface area contributed by atoms with Crippen molar-refractivity contribution >= 4 is 17.0 Å². The third-order valence-electron chi connectivity index (χ3n) is 3.94. The first-order chi connectivity index (χ1) is 9.66. The molecule has 0 amide bonds. The number of rotatable bonds is 2. The van der Waals surface area contributed by atoms with Crippen LogP contribution in [-0.2, 0) is 9.47 Å². The Kier molecular flexibility index (Phi) is 2.31. The molecule has 2 saturated heterocycles. The van der Waals surface area contributed by atoms with Crippen molar-refractivity contribution in [2.24, 2.45) is 0 Å². The first-order valence-electron chi connectivity index (χ1n) is 6.18. The standard InChI is InChI=1S/C11H13N5O4/c12-8-5-9(14-3-13-8)16(4-15-5)10-6-7(18)11(1-17,20-10)2-19-6/h3-4,6-7,10,17-18H,1-2H2,(H2,12,13,14)/t6?,7?,10-,11+/m1/s1. The molecule has 9 heteroatoms. The molecule has 2 bridgehead atoms. The van der Waals surface area contributed by atoms with Gasteiger partial charge in [0.15, 0.2) is 17.7 Å². The van der Waals surface area contributed by atoms with Gasteiger partial charge < -0.3 is 25.4 Å². The molecule has 4 atom stereocenters. The van der Waals surface area contributed by atoms with Gasteiger partial charge in [-0.15, -0.1) is 0 Å². The highest BCUT2D eigenvalue weighted by Gasteiger charge is 2.61. The number of fused-ring (bicyclic) bond motifs is 3. The highest BCUT2D eigenvalue weighted by molar-refractivity contribution is 5.81. The van der Waals surface area contributed by atoms with E-state index in [0.717, 1.165) is 0 Å². The van der Waals surface area contributed by atoms with Crippen molar-refractivity contribution in [3.05, 3.63) is 12.7 Å². The van der Waals surface area contributed by atoms with Gasteiger partial charge in [0.2, 0.25) is 0 Å². The Balaban J connectivity index is 1.80. The van der Waals surface area contributed by atoms with Crippen LogP contribution in [0.3, 0.4) is 0 Å². The third-order valence-corrected chi connectivity index (χ3v) is 3.94. The van der Waals surface area contributed by atoms with E-state index in [2.05, 4.69) is 15.0 Å². The molecule has 4 heterocycles. The van der Waals surface area contributed by atoms with Gasteiger partial charge in [-0.05, 0) is 0 Å². The van der Waals surface area contributed by atoms with E-state index in [1.807, 2.05) is 0 Å². The second-order valence-electron chi connectivity index (χ2n) is 5.03. The number of nitrogen functional groups attached to an aromatic ring is 1. The Bertz CT molecular complexity index is 676. The molecule has 2 fully saturated rings. The lowest BCUT2D eigenvalue weighted by atomic mass is 10.0. The van der Waals surface area contributed by atoms with Crippen LogP contribution in [0.5, 0.6) is 0 Å². The molecule has 0 spiro atoms. The minimum atomic E-state index is -1.08. The van der Waals surface area contributed by atoms with Crippen LogP contribution in [0, 0.1) is 0 Å². The fourth-order valence-corrected chi connectivity index (χ4v) is 2.81.